The van der Waals surface area contributed by atoms with E-state index in [-0.39, 0.29) is 5.56 Å². The van der Waals surface area contributed by atoms with Crippen molar-refractivity contribution in [2.24, 2.45) is 11.4 Å². The van der Waals surface area contributed by atoms with Crippen molar-refractivity contribution < 1.29 is 4.21 Å². The molecule has 1 heterocycles. The highest BCUT2D eigenvalue weighted by molar-refractivity contribution is 7.85. The molecule has 0 saturated heterocycles. The van der Waals surface area contributed by atoms with Gasteiger partial charge in [-0.1, -0.05) is 0 Å². The van der Waals surface area contributed by atoms with Gasteiger partial charge in [0, 0.05) is 12.6 Å². The second kappa shape index (κ2) is 7.01. The SMILES string of the molecule is C/C(=N/[S@](=O)C(C)(C)C)c1cc(C)cc2c(=O)n(C)c(C(C)(C)C#N)nc12. The second-order valence-electron chi connectivity index (χ2n) is 8.28. The zero-order chi connectivity index (χ0) is 20.7. The van der Waals surface area contributed by atoms with Gasteiger partial charge in [0.2, 0.25) is 0 Å². The van der Waals surface area contributed by atoms with Crippen LogP contribution in [0.1, 0.15) is 58.5 Å². The van der Waals surface area contributed by atoms with Crippen LogP contribution in [0.3, 0.4) is 0 Å². The lowest BCUT2D eigenvalue weighted by Crippen LogP contribution is -2.31. The molecule has 1 aromatic carbocycles. The van der Waals surface area contributed by atoms with E-state index in [1.54, 1.807) is 33.9 Å². The number of nitrogens with zero attached hydrogens (tertiary/aromatic N) is 4. The van der Waals surface area contributed by atoms with Crippen molar-refractivity contribution in [2.75, 3.05) is 0 Å². The molecule has 0 aliphatic carbocycles. The van der Waals surface area contributed by atoms with E-state index in [4.69, 9.17) is 0 Å². The van der Waals surface area contributed by atoms with Gasteiger partial charge in [0.15, 0.2) is 0 Å². The first-order chi connectivity index (χ1) is 12.3. The third-order valence-electron chi connectivity index (χ3n) is 4.30. The summed E-state index contributed by atoms with van der Waals surface area (Å²) in [6.07, 6.45) is 0. The van der Waals surface area contributed by atoms with Crippen LogP contribution in [0.2, 0.25) is 0 Å². The summed E-state index contributed by atoms with van der Waals surface area (Å²) in [4.78, 5) is 17.6. The van der Waals surface area contributed by atoms with Gasteiger partial charge in [0.05, 0.1) is 27.4 Å². The minimum atomic E-state index is -1.43. The standard InChI is InChI=1S/C20H26N4O2S/c1-12-9-14(13(2)23-27(26)19(3,4)5)16-15(10-12)17(25)24(8)18(22-16)20(6,7)11-21/h9-10H,1-8H3/b23-13-/t27-/m1/s1. The molecule has 1 aromatic heterocycles. The fourth-order valence-corrected chi connectivity index (χ4v) is 3.34. The molecule has 7 heteroatoms. The van der Waals surface area contributed by atoms with E-state index in [2.05, 4.69) is 15.5 Å². The van der Waals surface area contributed by atoms with E-state index in [1.165, 1.54) is 4.57 Å². The molecule has 27 heavy (non-hydrogen) atoms. The van der Waals surface area contributed by atoms with E-state index >= 15 is 0 Å². The Morgan fingerprint density at radius 1 is 1.26 bits per heavy atom. The van der Waals surface area contributed by atoms with Crippen molar-refractivity contribution in [1.29, 1.82) is 5.26 Å². The molecule has 2 aromatic rings. The second-order valence-corrected chi connectivity index (χ2v) is 10.2. The first-order valence-corrected chi connectivity index (χ1v) is 9.81. The lowest BCUT2D eigenvalue weighted by atomic mass is 9.93. The van der Waals surface area contributed by atoms with Crippen molar-refractivity contribution >= 4 is 27.6 Å². The number of nitriles is 1. The number of fused-ring (bicyclic) bond motifs is 1. The van der Waals surface area contributed by atoms with Crippen LogP contribution in [0, 0.1) is 18.3 Å². The highest BCUT2D eigenvalue weighted by Crippen LogP contribution is 2.24. The average molecular weight is 387 g/mol. The summed E-state index contributed by atoms with van der Waals surface area (Å²) < 4.78 is 17.7. The minimum Gasteiger partial charge on any atom is -0.298 e. The van der Waals surface area contributed by atoms with Crippen LogP contribution in [-0.4, -0.2) is 24.2 Å². The summed E-state index contributed by atoms with van der Waals surface area (Å²) in [6, 6.07) is 5.87. The van der Waals surface area contributed by atoms with Crippen molar-refractivity contribution in [3.8, 4) is 6.07 Å². The summed E-state index contributed by atoms with van der Waals surface area (Å²) in [5, 5.41) is 9.96. The Balaban J connectivity index is 2.90. The molecule has 0 amide bonds. The number of hydrogen-bond donors (Lipinski definition) is 0. The van der Waals surface area contributed by atoms with Gasteiger partial charge in [0.1, 0.15) is 22.2 Å². The quantitative estimate of drug-likeness (QED) is 0.757. The normalized spacial score (nSPS) is 14.3. The van der Waals surface area contributed by atoms with Gasteiger partial charge in [-0.2, -0.15) is 9.66 Å². The molecular formula is C20H26N4O2S. The number of aromatic nitrogens is 2. The minimum absolute atomic E-state index is 0.215. The first kappa shape index (κ1) is 21.0. The predicted octanol–water partition coefficient (Wildman–Crippen LogP) is 3.31. The smallest absolute Gasteiger partial charge is 0.261 e. The lowest BCUT2D eigenvalue weighted by molar-refractivity contribution is 0.577. The van der Waals surface area contributed by atoms with E-state index in [1.807, 2.05) is 33.8 Å². The van der Waals surface area contributed by atoms with Crippen molar-refractivity contribution in [1.82, 2.24) is 9.55 Å². The third kappa shape index (κ3) is 4.01. The molecule has 144 valence electrons. The molecule has 0 unspecified atom stereocenters. The van der Waals surface area contributed by atoms with Crippen LogP contribution < -0.4 is 5.56 Å². The van der Waals surface area contributed by atoms with Crippen molar-refractivity contribution in [3.05, 3.63) is 39.4 Å². The zero-order valence-electron chi connectivity index (χ0n) is 17.2. The van der Waals surface area contributed by atoms with Crippen LogP contribution >= 0.6 is 0 Å². The molecule has 0 aliphatic rings. The van der Waals surface area contributed by atoms with Gasteiger partial charge < -0.3 is 0 Å². The highest BCUT2D eigenvalue weighted by Gasteiger charge is 2.27. The Morgan fingerprint density at radius 2 is 1.85 bits per heavy atom. The largest absolute Gasteiger partial charge is 0.298 e. The summed E-state index contributed by atoms with van der Waals surface area (Å²) >= 11 is 0. The number of hydrogen-bond acceptors (Lipinski definition) is 4. The number of aryl methyl sites for hydroxylation is 1. The van der Waals surface area contributed by atoms with Gasteiger partial charge in [-0.25, -0.2) is 9.19 Å². The van der Waals surface area contributed by atoms with Crippen molar-refractivity contribution in [3.63, 3.8) is 0 Å². The Kier molecular flexibility index (Phi) is 5.44. The Labute approximate surface area is 162 Å². The monoisotopic (exact) mass is 386 g/mol. The summed E-state index contributed by atoms with van der Waals surface area (Å²) in [6.45, 7) is 12.7. The molecule has 0 spiro atoms. The molecule has 2 rings (SSSR count). The van der Waals surface area contributed by atoms with E-state index in [0.717, 1.165) is 5.56 Å². The molecule has 0 radical (unpaired) electrons. The summed E-state index contributed by atoms with van der Waals surface area (Å²) in [5.74, 6) is 0.386. The van der Waals surface area contributed by atoms with Gasteiger partial charge in [-0.05, 0) is 66.2 Å². The fraction of sp³-hybridized carbons (Fsp3) is 0.500. The Hall–Kier alpha value is -2.33. The van der Waals surface area contributed by atoms with Gasteiger partial charge >= 0.3 is 0 Å². The molecule has 6 nitrogen and oxygen atoms in total. The maximum atomic E-state index is 12.9. The lowest BCUT2D eigenvalue weighted by Gasteiger charge is -2.20. The van der Waals surface area contributed by atoms with Crippen LogP contribution in [-0.2, 0) is 23.4 Å². The summed E-state index contributed by atoms with van der Waals surface area (Å²) in [5.41, 5.74) is 1.44. The predicted molar refractivity (Wildman–Crippen MR) is 110 cm³/mol. The van der Waals surface area contributed by atoms with E-state index in [9.17, 15) is 14.3 Å². The summed E-state index contributed by atoms with van der Waals surface area (Å²) in [7, 11) is 0.199. The first-order valence-electron chi connectivity index (χ1n) is 8.70. The topological polar surface area (TPSA) is 88.1 Å². The number of rotatable bonds is 3. The highest BCUT2D eigenvalue weighted by atomic mass is 32.2. The third-order valence-corrected chi connectivity index (χ3v) is 5.78. The maximum Gasteiger partial charge on any atom is 0.261 e. The molecule has 0 aliphatic heterocycles. The fourth-order valence-electron chi connectivity index (χ4n) is 2.72. The zero-order valence-corrected chi connectivity index (χ0v) is 18.0. The van der Waals surface area contributed by atoms with E-state index < -0.39 is 21.1 Å². The van der Waals surface area contributed by atoms with Crippen LogP contribution in [0.5, 0.6) is 0 Å². The van der Waals surface area contributed by atoms with Gasteiger partial charge in [0.25, 0.3) is 5.56 Å². The molecular weight excluding hydrogens is 360 g/mol. The van der Waals surface area contributed by atoms with Crippen LogP contribution in [0.4, 0.5) is 0 Å². The van der Waals surface area contributed by atoms with E-state index in [0.29, 0.717) is 28.0 Å². The van der Waals surface area contributed by atoms with Crippen LogP contribution in [0.25, 0.3) is 10.9 Å². The average Bonchev–Trinajstić information content (AvgIpc) is 2.56. The van der Waals surface area contributed by atoms with Gasteiger partial charge in [-0.15, -0.1) is 0 Å². The molecule has 0 saturated carbocycles. The maximum absolute atomic E-state index is 12.9. The molecule has 0 bridgehead atoms. The van der Waals surface area contributed by atoms with Crippen molar-refractivity contribution in [2.45, 2.75) is 58.6 Å². The Bertz CT molecular complexity index is 1070. The van der Waals surface area contributed by atoms with Crippen LogP contribution in [0.15, 0.2) is 21.3 Å². The molecule has 1 atom stereocenters. The van der Waals surface area contributed by atoms with Gasteiger partial charge in [-0.3, -0.25) is 9.36 Å². The Morgan fingerprint density at radius 3 is 2.37 bits per heavy atom. The molecule has 0 N–H and O–H groups in total. The molecule has 0 fully saturated rings. The number of benzene rings is 1.